The molecule has 1 aromatic heterocycles. The molecule has 8 heteroatoms. The third kappa shape index (κ3) is 3.36. The molecule has 2 fully saturated rings. The number of hydrogen-bond acceptors (Lipinski definition) is 3. The molecule has 142 valence electrons. The zero-order chi connectivity index (χ0) is 19.2. The van der Waals surface area contributed by atoms with Crippen molar-refractivity contribution in [1.82, 2.24) is 10.3 Å². The van der Waals surface area contributed by atoms with Crippen LogP contribution in [0.15, 0.2) is 42.6 Å². The first-order valence-electron chi connectivity index (χ1n) is 8.63. The van der Waals surface area contributed by atoms with E-state index in [9.17, 15) is 22.4 Å². The SMILES string of the molecule is O=C(NC1CN(c2cc(C(F)(F)F)ccn2)C1)C1(c2ccc(F)cc2)CC1. The van der Waals surface area contributed by atoms with E-state index in [1.54, 1.807) is 17.0 Å². The highest BCUT2D eigenvalue weighted by Crippen LogP contribution is 2.48. The molecule has 0 spiro atoms. The number of amides is 1. The highest BCUT2D eigenvalue weighted by molar-refractivity contribution is 5.91. The van der Waals surface area contributed by atoms with E-state index in [0.717, 1.165) is 23.9 Å². The molecular weight excluding hydrogens is 362 g/mol. The van der Waals surface area contributed by atoms with Crippen LogP contribution < -0.4 is 10.2 Å². The van der Waals surface area contributed by atoms with Crippen molar-refractivity contribution in [3.63, 3.8) is 0 Å². The molecule has 1 aromatic carbocycles. The molecule has 2 aliphatic rings. The molecule has 27 heavy (non-hydrogen) atoms. The minimum absolute atomic E-state index is 0.115. The maximum absolute atomic E-state index is 13.1. The lowest BCUT2D eigenvalue weighted by molar-refractivity contribution is -0.137. The monoisotopic (exact) mass is 379 g/mol. The summed E-state index contributed by atoms with van der Waals surface area (Å²) in [6, 6.07) is 7.73. The van der Waals surface area contributed by atoms with Crippen LogP contribution in [0.5, 0.6) is 0 Å². The summed E-state index contributed by atoms with van der Waals surface area (Å²) in [5, 5.41) is 2.95. The number of halogens is 4. The van der Waals surface area contributed by atoms with Gasteiger partial charge in [-0.25, -0.2) is 9.37 Å². The molecule has 4 nitrogen and oxygen atoms in total. The van der Waals surface area contributed by atoms with Crippen LogP contribution >= 0.6 is 0 Å². The molecule has 1 N–H and O–H groups in total. The lowest BCUT2D eigenvalue weighted by atomic mass is 9.94. The normalized spacial score (nSPS) is 18.7. The summed E-state index contributed by atoms with van der Waals surface area (Å²) < 4.78 is 51.5. The van der Waals surface area contributed by atoms with Crippen LogP contribution in [0.2, 0.25) is 0 Å². The zero-order valence-corrected chi connectivity index (χ0v) is 14.3. The third-order valence-corrected chi connectivity index (χ3v) is 5.20. The van der Waals surface area contributed by atoms with Crippen molar-refractivity contribution in [3.8, 4) is 0 Å². The van der Waals surface area contributed by atoms with E-state index >= 15 is 0 Å². The molecule has 1 saturated carbocycles. The van der Waals surface area contributed by atoms with Crippen LogP contribution in [-0.2, 0) is 16.4 Å². The first kappa shape index (κ1) is 17.8. The fourth-order valence-corrected chi connectivity index (χ4v) is 3.39. The van der Waals surface area contributed by atoms with Crippen LogP contribution in [0.1, 0.15) is 24.0 Å². The van der Waals surface area contributed by atoms with E-state index in [4.69, 9.17) is 0 Å². The molecule has 0 unspecified atom stereocenters. The standard InChI is InChI=1S/C19H17F4N3O/c20-14-3-1-12(2-4-14)18(6-7-18)17(27)25-15-10-26(11-15)16-9-13(5-8-24-16)19(21,22)23/h1-5,8-9,15H,6-7,10-11H2,(H,25,27). The Morgan fingerprint density at radius 2 is 1.81 bits per heavy atom. The minimum atomic E-state index is -4.41. The Bertz CT molecular complexity index is 856. The number of nitrogens with zero attached hydrogens (tertiary/aromatic N) is 2. The van der Waals surface area contributed by atoms with Gasteiger partial charge in [-0.2, -0.15) is 13.2 Å². The van der Waals surface area contributed by atoms with Crippen LogP contribution in [0, 0.1) is 5.82 Å². The van der Waals surface area contributed by atoms with Gasteiger partial charge >= 0.3 is 6.18 Å². The van der Waals surface area contributed by atoms with E-state index in [1.807, 2.05) is 0 Å². The summed E-state index contributed by atoms with van der Waals surface area (Å²) in [6.45, 7) is 0.805. The molecule has 1 amide bonds. The second kappa shape index (κ2) is 6.21. The lowest BCUT2D eigenvalue weighted by Gasteiger charge is -2.41. The average molecular weight is 379 g/mol. The number of benzene rings is 1. The van der Waals surface area contributed by atoms with Crippen molar-refractivity contribution in [1.29, 1.82) is 0 Å². The van der Waals surface area contributed by atoms with Crippen molar-refractivity contribution in [2.24, 2.45) is 0 Å². The Kier molecular flexibility index (Phi) is 4.09. The number of nitrogens with one attached hydrogen (secondary N) is 1. The maximum Gasteiger partial charge on any atom is 0.416 e. The fraction of sp³-hybridized carbons (Fsp3) is 0.368. The number of hydrogen-bond donors (Lipinski definition) is 1. The molecule has 1 saturated heterocycles. The minimum Gasteiger partial charge on any atom is -0.352 e. The van der Waals surface area contributed by atoms with E-state index in [-0.39, 0.29) is 23.6 Å². The molecule has 2 heterocycles. The highest BCUT2D eigenvalue weighted by atomic mass is 19.4. The Labute approximate surface area is 153 Å². The van der Waals surface area contributed by atoms with Gasteiger partial charge < -0.3 is 10.2 Å². The van der Waals surface area contributed by atoms with Gasteiger partial charge in [0, 0.05) is 19.3 Å². The summed E-state index contributed by atoms with van der Waals surface area (Å²) in [5.74, 6) is -0.219. The average Bonchev–Trinajstić information content (AvgIpc) is 3.39. The zero-order valence-electron chi connectivity index (χ0n) is 14.3. The Morgan fingerprint density at radius 1 is 1.15 bits per heavy atom. The summed E-state index contributed by atoms with van der Waals surface area (Å²) in [7, 11) is 0. The van der Waals surface area contributed by atoms with Crippen molar-refractivity contribution in [2.45, 2.75) is 30.5 Å². The van der Waals surface area contributed by atoms with Gasteiger partial charge in [0.05, 0.1) is 17.0 Å². The molecular formula is C19H17F4N3O. The first-order valence-corrected chi connectivity index (χ1v) is 8.63. The molecule has 1 aliphatic carbocycles. The molecule has 0 bridgehead atoms. The van der Waals surface area contributed by atoms with E-state index in [1.165, 1.54) is 12.1 Å². The molecule has 4 rings (SSSR count). The third-order valence-electron chi connectivity index (χ3n) is 5.20. The second-order valence-electron chi connectivity index (χ2n) is 7.06. The molecule has 0 atom stereocenters. The number of pyridine rings is 1. The first-order chi connectivity index (χ1) is 12.8. The quantitative estimate of drug-likeness (QED) is 0.830. The summed E-state index contributed by atoms with van der Waals surface area (Å²) in [5.41, 5.74) is -0.562. The fourth-order valence-electron chi connectivity index (χ4n) is 3.39. The number of carbonyl (C=O) groups excluding carboxylic acids is 1. The predicted molar refractivity (Wildman–Crippen MR) is 90.7 cm³/mol. The summed E-state index contributed by atoms with van der Waals surface area (Å²) >= 11 is 0. The van der Waals surface area contributed by atoms with Gasteiger partial charge in [-0.3, -0.25) is 4.79 Å². The van der Waals surface area contributed by atoms with Gasteiger partial charge in [0.25, 0.3) is 0 Å². The van der Waals surface area contributed by atoms with E-state index in [0.29, 0.717) is 25.9 Å². The summed E-state index contributed by atoms with van der Waals surface area (Å²) in [4.78, 5) is 18.3. The van der Waals surface area contributed by atoms with Crippen LogP contribution in [0.25, 0.3) is 0 Å². The van der Waals surface area contributed by atoms with Gasteiger partial charge in [-0.05, 0) is 42.7 Å². The van der Waals surface area contributed by atoms with Crippen molar-refractivity contribution in [3.05, 3.63) is 59.5 Å². The summed E-state index contributed by atoms with van der Waals surface area (Å²) in [6.07, 6.45) is -1.87. The Morgan fingerprint density at radius 3 is 2.41 bits per heavy atom. The Hall–Kier alpha value is -2.64. The van der Waals surface area contributed by atoms with Gasteiger partial charge in [0.1, 0.15) is 11.6 Å². The number of alkyl halides is 3. The molecule has 2 aromatic rings. The van der Waals surface area contributed by atoms with Gasteiger partial charge in [-0.1, -0.05) is 12.1 Å². The number of carbonyl (C=O) groups is 1. The van der Waals surface area contributed by atoms with E-state index in [2.05, 4.69) is 10.3 Å². The smallest absolute Gasteiger partial charge is 0.352 e. The largest absolute Gasteiger partial charge is 0.416 e. The number of anilines is 1. The van der Waals surface area contributed by atoms with Crippen LogP contribution in [0.3, 0.4) is 0 Å². The predicted octanol–water partition coefficient (Wildman–Crippen LogP) is 3.28. The number of rotatable bonds is 4. The van der Waals surface area contributed by atoms with Crippen molar-refractivity contribution < 1.29 is 22.4 Å². The van der Waals surface area contributed by atoms with Crippen molar-refractivity contribution >= 4 is 11.7 Å². The Balaban J connectivity index is 1.37. The van der Waals surface area contributed by atoms with Crippen LogP contribution in [-0.4, -0.2) is 30.0 Å². The topological polar surface area (TPSA) is 45.2 Å². The number of aromatic nitrogens is 1. The van der Waals surface area contributed by atoms with E-state index < -0.39 is 17.2 Å². The van der Waals surface area contributed by atoms with Crippen molar-refractivity contribution in [2.75, 3.05) is 18.0 Å². The highest BCUT2D eigenvalue weighted by Gasteiger charge is 2.52. The lowest BCUT2D eigenvalue weighted by Crippen LogP contribution is -2.61. The molecule has 0 radical (unpaired) electrons. The van der Waals surface area contributed by atoms with Crippen LogP contribution in [0.4, 0.5) is 23.4 Å². The molecule has 1 aliphatic heterocycles. The van der Waals surface area contributed by atoms with Gasteiger partial charge in [-0.15, -0.1) is 0 Å². The van der Waals surface area contributed by atoms with Gasteiger partial charge in [0.15, 0.2) is 0 Å². The van der Waals surface area contributed by atoms with Gasteiger partial charge in [0.2, 0.25) is 5.91 Å². The second-order valence-corrected chi connectivity index (χ2v) is 7.06. The maximum atomic E-state index is 13.1.